The van der Waals surface area contributed by atoms with E-state index in [-0.39, 0.29) is 11.4 Å². The van der Waals surface area contributed by atoms with Crippen molar-refractivity contribution in [3.63, 3.8) is 0 Å². The summed E-state index contributed by atoms with van der Waals surface area (Å²) in [5.41, 5.74) is 16.4. The van der Waals surface area contributed by atoms with E-state index in [1.54, 1.807) is 12.3 Å². The summed E-state index contributed by atoms with van der Waals surface area (Å²) in [6, 6.07) is 16.9. The van der Waals surface area contributed by atoms with E-state index in [0.717, 1.165) is 22.1 Å². The van der Waals surface area contributed by atoms with Gasteiger partial charge in [0, 0.05) is 24.0 Å². The summed E-state index contributed by atoms with van der Waals surface area (Å²) < 4.78 is 13.2. The number of benzene rings is 2. The summed E-state index contributed by atoms with van der Waals surface area (Å²) >= 11 is 0. The van der Waals surface area contributed by atoms with Crippen LogP contribution >= 0.6 is 0 Å². The van der Waals surface area contributed by atoms with Crippen LogP contribution in [0, 0.1) is 5.82 Å². The number of fused-ring (bicyclic) bond motifs is 1. The lowest BCUT2D eigenvalue weighted by atomic mass is 10.0. The maximum atomic E-state index is 13.2. The van der Waals surface area contributed by atoms with Gasteiger partial charge >= 0.3 is 0 Å². The van der Waals surface area contributed by atoms with Gasteiger partial charge in [0.25, 0.3) is 5.91 Å². The third kappa shape index (κ3) is 4.71. The molecule has 0 bridgehead atoms. The highest BCUT2D eigenvalue weighted by Gasteiger charge is 2.14. The number of hydrogen-bond donors (Lipinski definition) is 5. The number of rotatable bonds is 6. The van der Waals surface area contributed by atoms with Crippen LogP contribution in [0.3, 0.4) is 0 Å². The van der Waals surface area contributed by atoms with Crippen molar-refractivity contribution in [3.05, 3.63) is 90.0 Å². The van der Waals surface area contributed by atoms with Gasteiger partial charge in [-0.3, -0.25) is 9.89 Å². The second-order valence-corrected chi connectivity index (χ2v) is 7.91. The molecule has 0 radical (unpaired) electrons. The maximum absolute atomic E-state index is 13.2. The van der Waals surface area contributed by atoms with Crippen LogP contribution in [0.4, 0.5) is 27.4 Å². The van der Waals surface area contributed by atoms with Crippen molar-refractivity contribution in [2.24, 2.45) is 0 Å². The van der Waals surface area contributed by atoms with Crippen LogP contribution in [0.1, 0.15) is 15.9 Å². The van der Waals surface area contributed by atoms with Crippen LogP contribution in [0.25, 0.3) is 22.2 Å². The van der Waals surface area contributed by atoms with E-state index >= 15 is 0 Å². The number of aromatic nitrogens is 4. The Morgan fingerprint density at radius 2 is 1.71 bits per heavy atom. The number of halogens is 1. The molecule has 35 heavy (non-hydrogen) atoms. The molecule has 3 aromatic heterocycles. The van der Waals surface area contributed by atoms with Gasteiger partial charge in [-0.1, -0.05) is 24.3 Å². The number of hydrogen-bond acceptors (Lipinski definition) is 7. The molecule has 0 atom stereocenters. The molecule has 9 nitrogen and oxygen atoms in total. The Balaban J connectivity index is 1.30. The number of anilines is 4. The first-order valence-corrected chi connectivity index (χ1v) is 10.7. The van der Waals surface area contributed by atoms with Crippen molar-refractivity contribution >= 4 is 40.0 Å². The molecule has 3 heterocycles. The lowest BCUT2D eigenvalue weighted by Gasteiger charge is -2.13. The quantitative estimate of drug-likeness (QED) is 0.251. The third-order valence-electron chi connectivity index (χ3n) is 5.45. The van der Waals surface area contributed by atoms with E-state index in [2.05, 4.69) is 30.8 Å². The highest BCUT2D eigenvalue weighted by atomic mass is 19.1. The van der Waals surface area contributed by atoms with E-state index in [1.807, 2.05) is 30.3 Å². The summed E-state index contributed by atoms with van der Waals surface area (Å²) in [4.78, 5) is 21.5. The van der Waals surface area contributed by atoms with E-state index in [4.69, 9.17) is 11.5 Å². The van der Waals surface area contributed by atoms with Gasteiger partial charge in [0.2, 0.25) is 0 Å². The Hall–Kier alpha value is -4.99. The maximum Gasteiger partial charge on any atom is 0.259 e. The van der Waals surface area contributed by atoms with Crippen LogP contribution in [0.2, 0.25) is 0 Å². The predicted octanol–water partition coefficient (Wildman–Crippen LogP) is 4.19. The summed E-state index contributed by atoms with van der Waals surface area (Å²) in [6.07, 6.45) is 3.24. The molecule has 5 rings (SSSR count). The molecule has 174 valence electrons. The SMILES string of the molecule is Nc1cnc(NCc2ccc(-c3cnc4[nH]nc(N)c4c3)cc2)c(C(=O)Nc2ccc(F)cc2)c1. The zero-order chi connectivity index (χ0) is 24.4. The number of nitrogens with zero attached hydrogens (tertiary/aromatic N) is 3. The van der Waals surface area contributed by atoms with Crippen molar-refractivity contribution in [2.75, 3.05) is 22.1 Å². The molecule has 1 amide bonds. The number of amides is 1. The highest BCUT2D eigenvalue weighted by Crippen LogP contribution is 2.25. The first-order valence-electron chi connectivity index (χ1n) is 10.7. The van der Waals surface area contributed by atoms with Gasteiger partial charge in [-0.05, 0) is 47.5 Å². The number of H-pyrrole nitrogens is 1. The van der Waals surface area contributed by atoms with Gasteiger partial charge in [-0.2, -0.15) is 5.10 Å². The van der Waals surface area contributed by atoms with Gasteiger partial charge in [0.15, 0.2) is 11.5 Å². The Kier molecular flexibility index (Phi) is 5.68. The molecule has 2 aromatic carbocycles. The summed E-state index contributed by atoms with van der Waals surface area (Å²) in [6.45, 7) is 0.431. The zero-order valence-corrected chi connectivity index (χ0v) is 18.4. The number of aromatic amines is 1. The molecular formula is C25H21FN8O. The number of carbonyl (C=O) groups excluding carboxylic acids is 1. The summed E-state index contributed by atoms with van der Waals surface area (Å²) in [5.74, 6) is -0.00139. The molecule has 0 saturated carbocycles. The second kappa shape index (κ2) is 9.10. The lowest BCUT2D eigenvalue weighted by Crippen LogP contribution is -2.16. The molecule has 0 spiro atoms. The topological polar surface area (TPSA) is 148 Å². The molecule has 5 aromatic rings. The van der Waals surface area contributed by atoms with E-state index < -0.39 is 5.91 Å². The van der Waals surface area contributed by atoms with Crippen molar-refractivity contribution in [1.82, 2.24) is 20.2 Å². The summed E-state index contributed by atoms with van der Waals surface area (Å²) in [5, 5.41) is 13.5. The largest absolute Gasteiger partial charge is 0.397 e. The normalized spacial score (nSPS) is 10.9. The van der Waals surface area contributed by atoms with Gasteiger partial charge in [0.1, 0.15) is 11.6 Å². The number of nitrogens with one attached hydrogen (secondary N) is 3. The van der Waals surface area contributed by atoms with Crippen LogP contribution in [0.5, 0.6) is 0 Å². The third-order valence-corrected chi connectivity index (χ3v) is 5.45. The Bertz CT molecular complexity index is 1510. The molecule has 10 heteroatoms. The lowest BCUT2D eigenvalue weighted by molar-refractivity contribution is 0.102. The van der Waals surface area contributed by atoms with E-state index in [1.165, 1.54) is 30.5 Å². The van der Waals surface area contributed by atoms with Gasteiger partial charge in [-0.15, -0.1) is 0 Å². The minimum atomic E-state index is -0.407. The fourth-order valence-electron chi connectivity index (χ4n) is 3.61. The zero-order valence-electron chi connectivity index (χ0n) is 18.4. The standard InChI is InChI=1S/C25H21FN8O/c26-17-5-7-19(8-6-17)32-25(35)21-10-18(27)13-31-23(21)29-11-14-1-3-15(4-2-14)16-9-20-22(28)33-34-24(20)30-12-16/h1-10,12-13H,11,27H2,(H,29,31)(H,32,35)(H3,28,30,33,34). The van der Waals surface area contributed by atoms with Gasteiger partial charge in [-0.25, -0.2) is 14.4 Å². The predicted molar refractivity (Wildman–Crippen MR) is 134 cm³/mol. The number of pyridine rings is 2. The van der Waals surface area contributed by atoms with E-state index in [0.29, 0.717) is 35.2 Å². The number of nitrogens with two attached hydrogens (primary N) is 2. The Labute approximate surface area is 199 Å². The second-order valence-electron chi connectivity index (χ2n) is 7.91. The molecule has 7 N–H and O–H groups in total. The average molecular weight is 468 g/mol. The molecule has 0 saturated heterocycles. The Morgan fingerprint density at radius 1 is 0.943 bits per heavy atom. The van der Waals surface area contributed by atoms with Crippen molar-refractivity contribution in [1.29, 1.82) is 0 Å². The average Bonchev–Trinajstić information content (AvgIpc) is 3.25. The van der Waals surface area contributed by atoms with Gasteiger partial charge in [0.05, 0.1) is 22.8 Å². The van der Waals surface area contributed by atoms with Crippen LogP contribution < -0.4 is 22.1 Å². The van der Waals surface area contributed by atoms with Crippen molar-refractivity contribution in [3.8, 4) is 11.1 Å². The Morgan fingerprint density at radius 3 is 2.49 bits per heavy atom. The fourth-order valence-corrected chi connectivity index (χ4v) is 3.61. The van der Waals surface area contributed by atoms with Crippen molar-refractivity contribution < 1.29 is 9.18 Å². The molecule has 0 aliphatic carbocycles. The first kappa shape index (κ1) is 21.8. The van der Waals surface area contributed by atoms with Crippen molar-refractivity contribution in [2.45, 2.75) is 6.54 Å². The van der Waals surface area contributed by atoms with Gasteiger partial charge < -0.3 is 22.1 Å². The monoisotopic (exact) mass is 468 g/mol. The summed E-state index contributed by atoms with van der Waals surface area (Å²) in [7, 11) is 0. The smallest absolute Gasteiger partial charge is 0.259 e. The highest BCUT2D eigenvalue weighted by molar-refractivity contribution is 6.08. The van der Waals surface area contributed by atoms with Crippen LogP contribution in [0.15, 0.2) is 73.1 Å². The fraction of sp³-hybridized carbons (Fsp3) is 0.0400. The minimum absolute atomic E-state index is 0.281. The van der Waals surface area contributed by atoms with Crippen LogP contribution in [-0.2, 0) is 6.54 Å². The first-order chi connectivity index (χ1) is 17.0. The number of carbonyl (C=O) groups is 1. The molecule has 0 unspecified atom stereocenters. The minimum Gasteiger partial charge on any atom is -0.397 e. The molecule has 0 aliphatic rings. The molecule has 0 aliphatic heterocycles. The molecule has 0 fully saturated rings. The molecular weight excluding hydrogens is 447 g/mol. The van der Waals surface area contributed by atoms with E-state index in [9.17, 15) is 9.18 Å². The number of nitrogen functional groups attached to an aromatic ring is 2. The van der Waals surface area contributed by atoms with Crippen LogP contribution in [-0.4, -0.2) is 26.1 Å².